The second kappa shape index (κ2) is 9.31. The van der Waals surface area contributed by atoms with Gasteiger partial charge in [0.2, 0.25) is 0 Å². The van der Waals surface area contributed by atoms with E-state index in [2.05, 4.69) is 10.3 Å². The summed E-state index contributed by atoms with van der Waals surface area (Å²) in [5.41, 5.74) is 4.75. The summed E-state index contributed by atoms with van der Waals surface area (Å²) < 4.78 is 0. The van der Waals surface area contributed by atoms with Crippen molar-refractivity contribution >= 4 is 17.5 Å². The minimum Gasteiger partial charge on any atom is -0.337 e. The highest BCUT2D eigenvalue weighted by Gasteiger charge is 2.18. The third-order valence-corrected chi connectivity index (χ3v) is 4.43. The number of amides is 2. The summed E-state index contributed by atoms with van der Waals surface area (Å²) in [6.07, 6.45) is 3.29. The molecular formula is C22H29N3O2. The fraction of sp³-hybridized carbons (Fsp3) is 0.409. The molecule has 0 unspecified atom stereocenters. The van der Waals surface area contributed by atoms with Crippen LogP contribution in [0.2, 0.25) is 0 Å². The first kappa shape index (κ1) is 20.6. The van der Waals surface area contributed by atoms with E-state index in [1.165, 1.54) is 6.20 Å². The molecule has 0 saturated heterocycles. The van der Waals surface area contributed by atoms with Crippen LogP contribution < -0.4 is 5.32 Å². The summed E-state index contributed by atoms with van der Waals surface area (Å²) in [7, 11) is 0. The van der Waals surface area contributed by atoms with Crippen molar-refractivity contribution in [3.05, 3.63) is 58.4 Å². The van der Waals surface area contributed by atoms with E-state index in [4.69, 9.17) is 0 Å². The number of carbonyl (C=O) groups excluding carboxylic acids is 2. The van der Waals surface area contributed by atoms with Crippen LogP contribution in [0, 0.1) is 20.8 Å². The fourth-order valence-electron chi connectivity index (χ4n) is 3.27. The van der Waals surface area contributed by atoms with Gasteiger partial charge in [0.15, 0.2) is 0 Å². The lowest BCUT2D eigenvalue weighted by molar-refractivity contribution is 0.0749. The monoisotopic (exact) mass is 367 g/mol. The predicted molar refractivity (Wildman–Crippen MR) is 109 cm³/mol. The molecule has 0 spiro atoms. The SMILES string of the molecule is CCCN(CCC)C(=O)c1cc(C(=O)Nc2c(C)cc(C)cc2C)ccn1. The normalized spacial score (nSPS) is 10.6. The van der Waals surface area contributed by atoms with Crippen molar-refractivity contribution in [2.45, 2.75) is 47.5 Å². The van der Waals surface area contributed by atoms with Crippen molar-refractivity contribution in [1.82, 2.24) is 9.88 Å². The number of aryl methyl sites for hydroxylation is 3. The Bertz CT molecular complexity index is 801. The maximum atomic E-state index is 12.7. The lowest BCUT2D eigenvalue weighted by Gasteiger charge is -2.21. The average Bonchev–Trinajstić information content (AvgIpc) is 2.63. The number of pyridine rings is 1. The minimum atomic E-state index is -0.237. The van der Waals surface area contributed by atoms with Crippen molar-refractivity contribution in [2.75, 3.05) is 18.4 Å². The topological polar surface area (TPSA) is 62.3 Å². The zero-order valence-corrected chi connectivity index (χ0v) is 16.9. The number of nitrogens with one attached hydrogen (secondary N) is 1. The zero-order valence-electron chi connectivity index (χ0n) is 16.9. The molecule has 2 amide bonds. The maximum Gasteiger partial charge on any atom is 0.272 e. The molecule has 1 heterocycles. The second-order valence-electron chi connectivity index (χ2n) is 6.95. The molecule has 0 aliphatic carbocycles. The van der Waals surface area contributed by atoms with Crippen LogP contribution in [0.1, 0.15) is 64.2 Å². The van der Waals surface area contributed by atoms with E-state index in [0.717, 1.165) is 35.2 Å². The smallest absolute Gasteiger partial charge is 0.272 e. The molecule has 144 valence electrons. The van der Waals surface area contributed by atoms with Crippen LogP contribution in [0.4, 0.5) is 5.69 Å². The van der Waals surface area contributed by atoms with Gasteiger partial charge in [-0.3, -0.25) is 14.6 Å². The Morgan fingerprint density at radius 1 is 1.00 bits per heavy atom. The molecule has 0 radical (unpaired) electrons. The number of benzene rings is 1. The van der Waals surface area contributed by atoms with Crippen LogP contribution in [-0.2, 0) is 0 Å². The van der Waals surface area contributed by atoms with Crippen LogP contribution in [0.15, 0.2) is 30.5 Å². The molecule has 1 N–H and O–H groups in total. The predicted octanol–water partition coefficient (Wildman–Crippen LogP) is 4.52. The van der Waals surface area contributed by atoms with Crippen molar-refractivity contribution in [3.63, 3.8) is 0 Å². The lowest BCUT2D eigenvalue weighted by Crippen LogP contribution is -2.33. The number of rotatable bonds is 7. The summed E-state index contributed by atoms with van der Waals surface area (Å²) in [5.74, 6) is -0.366. The largest absolute Gasteiger partial charge is 0.337 e. The summed E-state index contributed by atoms with van der Waals surface area (Å²) in [6, 6.07) is 7.29. The number of nitrogens with zero attached hydrogens (tertiary/aromatic N) is 2. The van der Waals surface area contributed by atoms with Crippen LogP contribution in [0.5, 0.6) is 0 Å². The van der Waals surface area contributed by atoms with E-state index in [1.54, 1.807) is 17.0 Å². The molecule has 0 bridgehead atoms. The highest BCUT2D eigenvalue weighted by molar-refractivity contribution is 6.06. The van der Waals surface area contributed by atoms with E-state index in [0.29, 0.717) is 24.3 Å². The van der Waals surface area contributed by atoms with E-state index >= 15 is 0 Å². The van der Waals surface area contributed by atoms with Crippen LogP contribution >= 0.6 is 0 Å². The number of hydrogen-bond donors (Lipinski definition) is 1. The van der Waals surface area contributed by atoms with E-state index in [9.17, 15) is 9.59 Å². The summed E-state index contributed by atoms with van der Waals surface area (Å²) in [5, 5.41) is 2.98. The Morgan fingerprint density at radius 2 is 1.59 bits per heavy atom. The van der Waals surface area contributed by atoms with E-state index in [-0.39, 0.29) is 11.8 Å². The van der Waals surface area contributed by atoms with Crippen molar-refractivity contribution in [1.29, 1.82) is 0 Å². The lowest BCUT2D eigenvalue weighted by atomic mass is 10.0. The first-order valence-corrected chi connectivity index (χ1v) is 9.51. The molecule has 5 nitrogen and oxygen atoms in total. The number of hydrogen-bond acceptors (Lipinski definition) is 3. The molecule has 1 aromatic heterocycles. The van der Waals surface area contributed by atoms with Gasteiger partial charge in [-0.25, -0.2) is 0 Å². The van der Waals surface area contributed by atoms with Crippen molar-refractivity contribution < 1.29 is 9.59 Å². The molecule has 2 rings (SSSR count). The number of aromatic nitrogens is 1. The Morgan fingerprint density at radius 3 is 2.15 bits per heavy atom. The van der Waals surface area contributed by atoms with Crippen LogP contribution in [-0.4, -0.2) is 34.8 Å². The van der Waals surface area contributed by atoms with Gasteiger partial charge in [-0.15, -0.1) is 0 Å². The first-order valence-electron chi connectivity index (χ1n) is 9.51. The van der Waals surface area contributed by atoms with Crippen LogP contribution in [0.3, 0.4) is 0 Å². The number of anilines is 1. The Balaban J connectivity index is 2.24. The maximum absolute atomic E-state index is 12.7. The fourth-order valence-corrected chi connectivity index (χ4v) is 3.27. The number of carbonyl (C=O) groups is 2. The van der Waals surface area contributed by atoms with Gasteiger partial charge in [0.25, 0.3) is 11.8 Å². The average molecular weight is 367 g/mol. The van der Waals surface area contributed by atoms with Gasteiger partial charge < -0.3 is 10.2 Å². The quantitative estimate of drug-likeness (QED) is 0.782. The standard InChI is InChI=1S/C22H29N3O2/c1-6-10-25(11-7-2)22(27)19-14-18(8-9-23-19)21(26)24-20-16(4)12-15(3)13-17(20)5/h8-9,12-14H,6-7,10-11H2,1-5H3,(H,24,26). The van der Waals surface area contributed by atoms with E-state index in [1.807, 2.05) is 46.8 Å². The van der Waals surface area contributed by atoms with Gasteiger partial charge in [0.1, 0.15) is 5.69 Å². The van der Waals surface area contributed by atoms with Gasteiger partial charge >= 0.3 is 0 Å². The van der Waals surface area contributed by atoms with Gasteiger partial charge in [-0.1, -0.05) is 31.5 Å². The summed E-state index contributed by atoms with van der Waals surface area (Å²) in [6.45, 7) is 11.4. The molecule has 0 atom stereocenters. The summed E-state index contributed by atoms with van der Waals surface area (Å²) >= 11 is 0. The van der Waals surface area contributed by atoms with Gasteiger partial charge in [0.05, 0.1) is 0 Å². The van der Waals surface area contributed by atoms with Gasteiger partial charge in [-0.05, 0) is 56.9 Å². The van der Waals surface area contributed by atoms with Crippen LogP contribution in [0.25, 0.3) is 0 Å². The van der Waals surface area contributed by atoms with Gasteiger partial charge in [0, 0.05) is 30.5 Å². The summed E-state index contributed by atoms with van der Waals surface area (Å²) in [4.78, 5) is 31.5. The van der Waals surface area contributed by atoms with Gasteiger partial charge in [-0.2, -0.15) is 0 Å². The Labute approximate surface area is 161 Å². The van der Waals surface area contributed by atoms with Crippen molar-refractivity contribution in [2.24, 2.45) is 0 Å². The molecule has 5 heteroatoms. The third-order valence-electron chi connectivity index (χ3n) is 4.43. The first-order chi connectivity index (χ1) is 12.9. The molecule has 1 aromatic carbocycles. The molecule has 0 aliphatic heterocycles. The second-order valence-corrected chi connectivity index (χ2v) is 6.95. The molecular weight excluding hydrogens is 338 g/mol. The molecule has 2 aromatic rings. The van der Waals surface area contributed by atoms with Crippen molar-refractivity contribution in [3.8, 4) is 0 Å². The molecule has 0 aliphatic rings. The molecule has 0 fully saturated rings. The molecule has 27 heavy (non-hydrogen) atoms. The molecule has 0 saturated carbocycles. The highest BCUT2D eigenvalue weighted by atomic mass is 16.2. The Kier molecular flexibility index (Phi) is 7.11. The zero-order chi connectivity index (χ0) is 20.0. The Hall–Kier alpha value is -2.69. The minimum absolute atomic E-state index is 0.129. The van der Waals surface area contributed by atoms with E-state index < -0.39 is 0 Å². The third kappa shape index (κ3) is 5.16. The highest BCUT2D eigenvalue weighted by Crippen LogP contribution is 2.22.